The molecule has 1 aromatic carbocycles. The van der Waals surface area contributed by atoms with Gasteiger partial charge in [-0.25, -0.2) is 0 Å². The van der Waals surface area contributed by atoms with Crippen LogP contribution in [0.2, 0.25) is 0 Å². The molecule has 1 fully saturated rings. The predicted octanol–water partition coefficient (Wildman–Crippen LogP) is 0.730. The third-order valence-corrected chi connectivity index (χ3v) is 3.44. The molecule has 0 amide bonds. The van der Waals surface area contributed by atoms with E-state index in [1.165, 1.54) is 24.1 Å². The third kappa shape index (κ3) is 3.45. The first kappa shape index (κ1) is 13.3. The summed E-state index contributed by atoms with van der Waals surface area (Å²) in [6, 6.07) is 8.27. The molecule has 2 rings (SSSR count). The van der Waals surface area contributed by atoms with Crippen LogP contribution >= 0.6 is 0 Å². The van der Waals surface area contributed by atoms with Crippen molar-refractivity contribution in [2.24, 2.45) is 0 Å². The topological polar surface area (TPSA) is 55.7 Å². The molecule has 100 valence electrons. The lowest BCUT2D eigenvalue weighted by atomic mass is 10.2. The second-order valence-electron chi connectivity index (χ2n) is 4.80. The van der Waals surface area contributed by atoms with Gasteiger partial charge in [0.15, 0.2) is 0 Å². The number of rotatable bonds is 6. The molecule has 0 bridgehead atoms. The fourth-order valence-electron chi connectivity index (χ4n) is 2.25. The van der Waals surface area contributed by atoms with E-state index in [0.717, 1.165) is 13.1 Å². The minimum atomic E-state index is -0.233. The number of nitrogens with one attached hydrogen (secondary N) is 1. The van der Waals surface area contributed by atoms with Crippen LogP contribution in [0.15, 0.2) is 24.3 Å². The Labute approximate surface area is 108 Å². The number of benzene rings is 1. The molecule has 1 aliphatic heterocycles. The van der Waals surface area contributed by atoms with E-state index >= 15 is 0 Å². The average Bonchev–Trinajstić information content (AvgIpc) is 2.94. The minimum Gasteiger partial charge on any atom is -0.395 e. The van der Waals surface area contributed by atoms with Gasteiger partial charge in [0.25, 0.3) is 0 Å². The number of nitrogens with zero attached hydrogens (tertiary/aromatic N) is 1. The Morgan fingerprint density at radius 1 is 1.06 bits per heavy atom. The Morgan fingerprint density at radius 2 is 1.67 bits per heavy atom. The van der Waals surface area contributed by atoms with Crippen molar-refractivity contribution in [3.8, 4) is 0 Å². The van der Waals surface area contributed by atoms with Crippen LogP contribution in [0.1, 0.15) is 18.4 Å². The lowest BCUT2D eigenvalue weighted by Crippen LogP contribution is -2.35. The maximum Gasteiger partial charge on any atom is 0.0607 e. The predicted molar refractivity (Wildman–Crippen MR) is 72.7 cm³/mol. The summed E-state index contributed by atoms with van der Waals surface area (Å²) in [5.74, 6) is 0. The molecule has 0 aliphatic carbocycles. The molecule has 18 heavy (non-hydrogen) atoms. The molecule has 0 spiro atoms. The largest absolute Gasteiger partial charge is 0.395 e. The summed E-state index contributed by atoms with van der Waals surface area (Å²) in [7, 11) is 0. The summed E-state index contributed by atoms with van der Waals surface area (Å²) in [5.41, 5.74) is 2.46. The number of aliphatic hydroxyl groups excluding tert-OH is 2. The van der Waals surface area contributed by atoms with Gasteiger partial charge in [0.1, 0.15) is 0 Å². The molecule has 0 aromatic heterocycles. The van der Waals surface area contributed by atoms with E-state index in [1.807, 2.05) is 0 Å². The first-order valence-corrected chi connectivity index (χ1v) is 6.62. The Morgan fingerprint density at radius 3 is 2.22 bits per heavy atom. The smallest absolute Gasteiger partial charge is 0.0607 e. The number of hydrogen-bond acceptors (Lipinski definition) is 4. The highest BCUT2D eigenvalue weighted by atomic mass is 16.3. The Kier molecular flexibility index (Phi) is 4.99. The van der Waals surface area contributed by atoms with Crippen LogP contribution in [-0.4, -0.2) is 42.6 Å². The van der Waals surface area contributed by atoms with E-state index in [0.29, 0.717) is 6.54 Å². The molecule has 4 nitrogen and oxygen atoms in total. The summed E-state index contributed by atoms with van der Waals surface area (Å²) in [6.45, 7) is 2.92. The van der Waals surface area contributed by atoms with Gasteiger partial charge in [0.05, 0.1) is 19.3 Å². The van der Waals surface area contributed by atoms with Crippen molar-refractivity contribution >= 4 is 5.69 Å². The SMILES string of the molecule is OCC(CO)NCc1ccc(N2CCCC2)cc1. The van der Waals surface area contributed by atoms with E-state index in [2.05, 4.69) is 34.5 Å². The summed E-state index contributed by atoms with van der Waals surface area (Å²) >= 11 is 0. The highest BCUT2D eigenvalue weighted by Crippen LogP contribution is 2.20. The van der Waals surface area contributed by atoms with Gasteiger partial charge in [-0.05, 0) is 30.5 Å². The van der Waals surface area contributed by atoms with Gasteiger partial charge >= 0.3 is 0 Å². The lowest BCUT2D eigenvalue weighted by Gasteiger charge is -2.18. The first-order valence-electron chi connectivity index (χ1n) is 6.62. The van der Waals surface area contributed by atoms with Crippen LogP contribution in [0.4, 0.5) is 5.69 Å². The van der Waals surface area contributed by atoms with E-state index in [1.54, 1.807) is 0 Å². The molecule has 4 heteroatoms. The van der Waals surface area contributed by atoms with Gasteiger partial charge in [-0.2, -0.15) is 0 Å². The van der Waals surface area contributed by atoms with Crippen molar-refractivity contribution in [2.45, 2.75) is 25.4 Å². The standard InChI is InChI=1S/C14H22N2O2/c17-10-13(11-18)15-9-12-3-5-14(6-4-12)16-7-1-2-8-16/h3-6,13,15,17-18H,1-2,7-11H2. The second-order valence-corrected chi connectivity index (χ2v) is 4.80. The van der Waals surface area contributed by atoms with Gasteiger partial charge in [0.2, 0.25) is 0 Å². The highest BCUT2D eigenvalue weighted by molar-refractivity contribution is 5.48. The molecule has 3 N–H and O–H groups in total. The summed E-state index contributed by atoms with van der Waals surface area (Å²) in [5, 5.41) is 21.0. The average molecular weight is 250 g/mol. The molecule has 1 aromatic rings. The molecule has 1 heterocycles. The summed E-state index contributed by atoms with van der Waals surface area (Å²) < 4.78 is 0. The van der Waals surface area contributed by atoms with Crippen LogP contribution in [-0.2, 0) is 6.54 Å². The molecular formula is C14H22N2O2. The zero-order valence-electron chi connectivity index (χ0n) is 10.7. The maximum atomic E-state index is 8.96. The van der Waals surface area contributed by atoms with Crippen LogP contribution in [0.3, 0.4) is 0 Å². The molecule has 0 saturated carbocycles. The van der Waals surface area contributed by atoms with E-state index in [9.17, 15) is 0 Å². The lowest BCUT2D eigenvalue weighted by molar-refractivity contribution is 0.170. The maximum absolute atomic E-state index is 8.96. The van der Waals surface area contributed by atoms with Crippen LogP contribution in [0.5, 0.6) is 0 Å². The van der Waals surface area contributed by atoms with Gasteiger partial charge in [-0.3, -0.25) is 0 Å². The van der Waals surface area contributed by atoms with Crippen molar-refractivity contribution < 1.29 is 10.2 Å². The Balaban J connectivity index is 1.87. The fourth-order valence-corrected chi connectivity index (χ4v) is 2.25. The van der Waals surface area contributed by atoms with E-state index < -0.39 is 0 Å². The van der Waals surface area contributed by atoms with Crippen molar-refractivity contribution in [1.29, 1.82) is 0 Å². The molecule has 0 unspecified atom stereocenters. The third-order valence-electron chi connectivity index (χ3n) is 3.44. The molecule has 1 aliphatic rings. The van der Waals surface area contributed by atoms with E-state index in [-0.39, 0.29) is 19.3 Å². The van der Waals surface area contributed by atoms with Gasteiger partial charge in [-0.1, -0.05) is 12.1 Å². The fraction of sp³-hybridized carbons (Fsp3) is 0.571. The zero-order valence-corrected chi connectivity index (χ0v) is 10.7. The number of aliphatic hydroxyl groups is 2. The second kappa shape index (κ2) is 6.73. The Hall–Kier alpha value is -1.10. The zero-order chi connectivity index (χ0) is 12.8. The minimum absolute atomic E-state index is 0.0393. The summed E-state index contributed by atoms with van der Waals surface area (Å²) in [4.78, 5) is 2.40. The highest BCUT2D eigenvalue weighted by Gasteiger charge is 2.11. The number of hydrogen-bond donors (Lipinski definition) is 3. The molecule has 0 atom stereocenters. The monoisotopic (exact) mass is 250 g/mol. The molecule has 1 saturated heterocycles. The van der Waals surface area contributed by atoms with E-state index in [4.69, 9.17) is 10.2 Å². The quantitative estimate of drug-likeness (QED) is 0.697. The summed E-state index contributed by atoms with van der Waals surface area (Å²) in [6.07, 6.45) is 2.58. The number of anilines is 1. The normalized spacial score (nSPS) is 15.6. The van der Waals surface area contributed by atoms with Crippen molar-refractivity contribution in [3.05, 3.63) is 29.8 Å². The molecular weight excluding hydrogens is 228 g/mol. The van der Waals surface area contributed by atoms with Crippen LogP contribution < -0.4 is 10.2 Å². The van der Waals surface area contributed by atoms with Gasteiger partial charge in [0, 0.05) is 25.3 Å². The van der Waals surface area contributed by atoms with Gasteiger partial charge < -0.3 is 20.4 Å². The van der Waals surface area contributed by atoms with Crippen molar-refractivity contribution in [2.75, 3.05) is 31.2 Å². The van der Waals surface area contributed by atoms with Crippen LogP contribution in [0.25, 0.3) is 0 Å². The van der Waals surface area contributed by atoms with Crippen molar-refractivity contribution in [3.63, 3.8) is 0 Å². The van der Waals surface area contributed by atoms with Crippen LogP contribution in [0, 0.1) is 0 Å². The first-order chi connectivity index (χ1) is 8.83. The molecule has 0 radical (unpaired) electrons. The van der Waals surface area contributed by atoms with Crippen molar-refractivity contribution in [1.82, 2.24) is 5.32 Å². The van der Waals surface area contributed by atoms with Gasteiger partial charge in [-0.15, -0.1) is 0 Å². The Bertz CT molecular complexity index is 343.